The van der Waals surface area contributed by atoms with E-state index < -0.39 is 5.54 Å². The summed E-state index contributed by atoms with van der Waals surface area (Å²) >= 11 is 0. The van der Waals surface area contributed by atoms with E-state index in [0.717, 1.165) is 0 Å². The lowest BCUT2D eigenvalue weighted by Gasteiger charge is -2.35. The van der Waals surface area contributed by atoms with Gasteiger partial charge in [-0.25, -0.2) is 0 Å². The summed E-state index contributed by atoms with van der Waals surface area (Å²) < 4.78 is 4.64. The zero-order chi connectivity index (χ0) is 9.90. The molecule has 2 N–H and O–H groups in total. The van der Waals surface area contributed by atoms with Crippen LogP contribution in [0.25, 0.3) is 0 Å². The van der Waals surface area contributed by atoms with Crippen molar-refractivity contribution in [3.63, 3.8) is 0 Å². The van der Waals surface area contributed by atoms with Gasteiger partial charge in [0.2, 0.25) is 0 Å². The van der Waals surface area contributed by atoms with Crippen molar-refractivity contribution in [2.45, 2.75) is 18.4 Å². The van der Waals surface area contributed by atoms with E-state index in [1.54, 1.807) is 12.2 Å². The van der Waals surface area contributed by atoms with Gasteiger partial charge in [-0.1, -0.05) is 0 Å². The predicted molar refractivity (Wildman–Crippen MR) is 54.0 cm³/mol. The number of piperidine rings is 1. The SMILES string of the molecule is COC(=O)C1(N)CCN(OC)CC1.Cl. The van der Waals surface area contributed by atoms with Crippen LogP contribution in [-0.2, 0) is 14.4 Å². The minimum absolute atomic E-state index is 0. The highest BCUT2D eigenvalue weighted by Gasteiger charge is 2.38. The first-order valence-electron chi connectivity index (χ1n) is 4.29. The molecule has 0 bridgehead atoms. The molecule has 1 saturated heterocycles. The number of ether oxygens (including phenoxy) is 1. The Hall–Kier alpha value is -0.360. The maximum Gasteiger partial charge on any atom is 0.325 e. The third kappa shape index (κ3) is 2.81. The summed E-state index contributed by atoms with van der Waals surface area (Å²) in [5.41, 5.74) is 5.06. The lowest BCUT2D eigenvalue weighted by atomic mass is 9.89. The highest BCUT2D eigenvalue weighted by atomic mass is 35.5. The zero-order valence-electron chi connectivity index (χ0n) is 8.49. The lowest BCUT2D eigenvalue weighted by Crippen LogP contribution is -2.55. The Bertz CT molecular complexity index is 193. The molecule has 0 saturated carbocycles. The molecule has 84 valence electrons. The van der Waals surface area contributed by atoms with E-state index in [2.05, 4.69) is 4.74 Å². The fraction of sp³-hybridized carbons (Fsp3) is 0.875. The van der Waals surface area contributed by atoms with Crippen molar-refractivity contribution in [2.24, 2.45) is 5.73 Å². The van der Waals surface area contributed by atoms with Crippen LogP contribution in [0.4, 0.5) is 0 Å². The van der Waals surface area contributed by atoms with E-state index in [1.165, 1.54) is 7.11 Å². The van der Waals surface area contributed by atoms with Crippen molar-refractivity contribution in [2.75, 3.05) is 27.3 Å². The molecule has 0 radical (unpaired) electrons. The van der Waals surface area contributed by atoms with Gasteiger partial charge in [0.05, 0.1) is 14.2 Å². The van der Waals surface area contributed by atoms with E-state index in [9.17, 15) is 4.79 Å². The summed E-state index contributed by atoms with van der Waals surface area (Å²) in [6.07, 6.45) is 1.15. The molecule has 1 aliphatic rings. The van der Waals surface area contributed by atoms with Gasteiger partial charge in [0.15, 0.2) is 0 Å². The topological polar surface area (TPSA) is 64.8 Å². The van der Waals surface area contributed by atoms with Gasteiger partial charge in [-0.05, 0) is 12.8 Å². The van der Waals surface area contributed by atoms with Gasteiger partial charge < -0.3 is 15.3 Å². The Morgan fingerprint density at radius 2 is 1.86 bits per heavy atom. The summed E-state index contributed by atoms with van der Waals surface area (Å²) in [7, 11) is 2.97. The summed E-state index contributed by atoms with van der Waals surface area (Å²) in [6, 6.07) is 0. The first-order valence-corrected chi connectivity index (χ1v) is 4.29. The van der Waals surface area contributed by atoms with Crippen LogP contribution in [0.2, 0.25) is 0 Å². The highest BCUT2D eigenvalue weighted by molar-refractivity contribution is 5.85. The minimum atomic E-state index is -0.816. The molecule has 6 heteroatoms. The van der Waals surface area contributed by atoms with E-state index in [4.69, 9.17) is 10.6 Å². The molecule has 1 fully saturated rings. The first-order chi connectivity index (χ1) is 6.12. The van der Waals surface area contributed by atoms with Gasteiger partial charge >= 0.3 is 5.97 Å². The number of rotatable bonds is 2. The molecular formula is C8H17ClN2O3. The number of nitrogens with two attached hydrogens (primary N) is 1. The maximum absolute atomic E-state index is 11.3. The fourth-order valence-corrected chi connectivity index (χ4v) is 1.48. The Morgan fingerprint density at radius 3 is 2.21 bits per heavy atom. The zero-order valence-corrected chi connectivity index (χ0v) is 9.30. The van der Waals surface area contributed by atoms with E-state index in [-0.39, 0.29) is 18.4 Å². The lowest BCUT2D eigenvalue weighted by molar-refractivity contribution is -0.167. The molecule has 5 nitrogen and oxygen atoms in total. The number of halogens is 1. The molecule has 0 unspecified atom stereocenters. The van der Waals surface area contributed by atoms with Crippen molar-refractivity contribution in [1.82, 2.24) is 5.06 Å². The average molecular weight is 225 g/mol. The molecule has 0 spiro atoms. The normalized spacial score (nSPS) is 21.1. The second kappa shape index (κ2) is 5.50. The molecule has 1 heterocycles. The smallest absolute Gasteiger partial charge is 0.325 e. The van der Waals surface area contributed by atoms with Crippen LogP contribution < -0.4 is 5.73 Å². The molecular weight excluding hydrogens is 208 g/mol. The van der Waals surface area contributed by atoms with Crippen LogP contribution >= 0.6 is 12.4 Å². The quantitative estimate of drug-likeness (QED) is 0.666. The molecule has 0 aromatic rings. The van der Waals surface area contributed by atoms with Crippen molar-refractivity contribution < 1.29 is 14.4 Å². The fourth-order valence-electron chi connectivity index (χ4n) is 1.48. The first kappa shape index (κ1) is 13.6. The second-order valence-corrected chi connectivity index (χ2v) is 3.26. The number of hydrogen-bond acceptors (Lipinski definition) is 5. The van der Waals surface area contributed by atoms with Crippen LogP contribution in [0.15, 0.2) is 0 Å². The standard InChI is InChI=1S/C8H16N2O3.ClH/c1-12-7(11)8(9)3-5-10(13-2)6-4-8;/h3-6,9H2,1-2H3;1H. The van der Waals surface area contributed by atoms with E-state index in [0.29, 0.717) is 25.9 Å². The molecule has 0 aliphatic carbocycles. The maximum atomic E-state index is 11.3. The van der Waals surface area contributed by atoms with Gasteiger partial charge in [0, 0.05) is 13.1 Å². The van der Waals surface area contributed by atoms with Crippen molar-refractivity contribution >= 4 is 18.4 Å². The number of methoxy groups -OCH3 is 1. The van der Waals surface area contributed by atoms with Crippen molar-refractivity contribution in [1.29, 1.82) is 0 Å². The van der Waals surface area contributed by atoms with Crippen molar-refractivity contribution in [3.8, 4) is 0 Å². The molecule has 14 heavy (non-hydrogen) atoms. The van der Waals surface area contributed by atoms with Crippen LogP contribution in [-0.4, -0.2) is 43.9 Å². The molecule has 0 atom stereocenters. The molecule has 0 aromatic heterocycles. The average Bonchev–Trinajstić information content (AvgIpc) is 2.18. The number of hydrogen-bond donors (Lipinski definition) is 1. The monoisotopic (exact) mass is 224 g/mol. The van der Waals surface area contributed by atoms with Gasteiger partial charge in [-0.15, -0.1) is 12.4 Å². The summed E-state index contributed by atoms with van der Waals surface area (Å²) in [6.45, 7) is 1.34. The molecule has 0 aromatic carbocycles. The van der Waals surface area contributed by atoms with Gasteiger partial charge in [-0.2, -0.15) is 5.06 Å². The summed E-state index contributed by atoms with van der Waals surface area (Å²) in [5, 5.41) is 1.79. The molecule has 0 amide bonds. The summed E-state index contributed by atoms with van der Waals surface area (Å²) in [5.74, 6) is -0.330. The Balaban J connectivity index is 0.00000169. The summed E-state index contributed by atoms with van der Waals surface area (Å²) in [4.78, 5) is 16.3. The van der Waals surface area contributed by atoms with Crippen LogP contribution in [0.1, 0.15) is 12.8 Å². The van der Waals surface area contributed by atoms with Crippen molar-refractivity contribution in [3.05, 3.63) is 0 Å². The number of nitrogens with zero attached hydrogens (tertiary/aromatic N) is 1. The van der Waals surface area contributed by atoms with Gasteiger partial charge in [0.1, 0.15) is 5.54 Å². The van der Waals surface area contributed by atoms with Crippen LogP contribution in [0.3, 0.4) is 0 Å². The van der Waals surface area contributed by atoms with Crippen LogP contribution in [0, 0.1) is 0 Å². The third-order valence-electron chi connectivity index (χ3n) is 2.46. The largest absolute Gasteiger partial charge is 0.468 e. The Labute approximate surface area is 89.9 Å². The van der Waals surface area contributed by atoms with E-state index >= 15 is 0 Å². The van der Waals surface area contributed by atoms with Gasteiger partial charge in [-0.3, -0.25) is 4.79 Å². The Kier molecular flexibility index (Phi) is 5.36. The highest BCUT2D eigenvalue weighted by Crippen LogP contribution is 2.20. The number of hydroxylamine groups is 2. The van der Waals surface area contributed by atoms with E-state index in [1.807, 2.05) is 0 Å². The second-order valence-electron chi connectivity index (χ2n) is 3.26. The predicted octanol–water partition coefficient (Wildman–Crippen LogP) is -0.0641. The minimum Gasteiger partial charge on any atom is -0.468 e. The number of carbonyl (C=O) groups is 1. The third-order valence-corrected chi connectivity index (χ3v) is 2.46. The molecule has 1 rings (SSSR count). The van der Waals surface area contributed by atoms with Crippen LogP contribution in [0.5, 0.6) is 0 Å². The molecule has 1 aliphatic heterocycles. The number of esters is 1. The number of carbonyl (C=O) groups excluding carboxylic acids is 1. The Morgan fingerprint density at radius 1 is 1.36 bits per heavy atom. The van der Waals surface area contributed by atoms with Gasteiger partial charge in [0.25, 0.3) is 0 Å².